The number of hydrogen-bond donors (Lipinski definition) is 2. The highest BCUT2D eigenvalue weighted by Crippen LogP contribution is 2.20. The quantitative estimate of drug-likeness (QED) is 0.801. The van der Waals surface area contributed by atoms with Gasteiger partial charge in [-0.05, 0) is 18.9 Å². The SMILES string of the molecule is O=C(c1cc(Cl)c[nH]1)N1CCC[C@@H]1CO. The standard InChI is InChI=1S/C10H13ClN2O2/c11-7-4-9(12-5-7)10(15)13-3-1-2-8(13)6-14/h4-5,8,12,14H,1-3,6H2/t8-/m1/s1. The van der Waals surface area contributed by atoms with Crippen LogP contribution in [0, 0.1) is 0 Å². The molecular formula is C10H13ClN2O2. The van der Waals surface area contributed by atoms with E-state index in [0.29, 0.717) is 17.3 Å². The largest absolute Gasteiger partial charge is 0.394 e. The highest BCUT2D eigenvalue weighted by atomic mass is 35.5. The number of rotatable bonds is 2. The van der Waals surface area contributed by atoms with Crippen molar-refractivity contribution in [2.45, 2.75) is 18.9 Å². The Labute approximate surface area is 92.8 Å². The van der Waals surface area contributed by atoms with E-state index in [1.807, 2.05) is 0 Å². The molecule has 1 amide bonds. The smallest absolute Gasteiger partial charge is 0.270 e. The first-order valence-electron chi connectivity index (χ1n) is 4.98. The van der Waals surface area contributed by atoms with Crippen molar-refractivity contribution >= 4 is 17.5 Å². The minimum atomic E-state index is -0.0848. The number of carbonyl (C=O) groups is 1. The molecule has 2 heterocycles. The Morgan fingerprint density at radius 3 is 3.13 bits per heavy atom. The fourth-order valence-electron chi connectivity index (χ4n) is 1.94. The van der Waals surface area contributed by atoms with Crippen molar-refractivity contribution in [2.75, 3.05) is 13.2 Å². The number of nitrogens with one attached hydrogen (secondary N) is 1. The maximum absolute atomic E-state index is 12.0. The predicted molar refractivity (Wildman–Crippen MR) is 56.9 cm³/mol. The molecule has 4 nitrogen and oxygen atoms in total. The molecule has 1 aliphatic heterocycles. The van der Waals surface area contributed by atoms with Crippen LogP contribution in [0.25, 0.3) is 0 Å². The van der Waals surface area contributed by atoms with Crippen LogP contribution >= 0.6 is 11.6 Å². The number of aromatic nitrogens is 1. The Kier molecular flexibility index (Phi) is 2.98. The number of aliphatic hydroxyl groups is 1. The van der Waals surface area contributed by atoms with Crippen molar-refractivity contribution in [1.29, 1.82) is 0 Å². The number of H-pyrrole nitrogens is 1. The van der Waals surface area contributed by atoms with Gasteiger partial charge in [-0.2, -0.15) is 0 Å². The Hall–Kier alpha value is -1.00. The molecule has 0 saturated carbocycles. The van der Waals surface area contributed by atoms with Gasteiger partial charge in [0.1, 0.15) is 5.69 Å². The van der Waals surface area contributed by atoms with Gasteiger partial charge in [0.15, 0.2) is 0 Å². The Balaban J connectivity index is 2.13. The molecule has 1 saturated heterocycles. The summed E-state index contributed by atoms with van der Waals surface area (Å²) in [7, 11) is 0. The second-order valence-corrected chi connectivity index (χ2v) is 4.15. The molecule has 1 aliphatic rings. The van der Waals surface area contributed by atoms with Crippen molar-refractivity contribution < 1.29 is 9.90 Å². The zero-order valence-corrected chi connectivity index (χ0v) is 9.00. The van der Waals surface area contributed by atoms with E-state index in [2.05, 4.69) is 4.98 Å². The molecular weight excluding hydrogens is 216 g/mol. The molecule has 1 aromatic rings. The number of nitrogens with zero attached hydrogens (tertiary/aromatic N) is 1. The molecule has 2 rings (SSSR count). The Morgan fingerprint density at radius 1 is 1.73 bits per heavy atom. The average Bonchev–Trinajstić information content (AvgIpc) is 2.84. The van der Waals surface area contributed by atoms with Crippen LogP contribution in [0.4, 0.5) is 0 Å². The lowest BCUT2D eigenvalue weighted by Crippen LogP contribution is -2.37. The van der Waals surface area contributed by atoms with E-state index in [-0.39, 0.29) is 18.6 Å². The minimum absolute atomic E-state index is 0.0280. The number of aliphatic hydroxyl groups excluding tert-OH is 1. The van der Waals surface area contributed by atoms with E-state index in [9.17, 15) is 4.79 Å². The fourth-order valence-corrected chi connectivity index (χ4v) is 2.10. The number of aromatic amines is 1. The summed E-state index contributed by atoms with van der Waals surface area (Å²) in [5.41, 5.74) is 0.486. The summed E-state index contributed by atoms with van der Waals surface area (Å²) in [5, 5.41) is 9.63. The summed E-state index contributed by atoms with van der Waals surface area (Å²) in [5.74, 6) is -0.0848. The first-order valence-corrected chi connectivity index (χ1v) is 5.36. The number of hydrogen-bond acceptors (Lipinski definition) is 2. The van der Waals surface area contributed by atoms with Gasteiger partial charge in [0.05, 0.1) is 17.7 Å². The van der Waals surface area contributed by atoms with Crippen LogP contribution in [0.1, 0.15) is 23.3 Å². The van der Waals surface area contributed by atoms with Crippen LogP contribution in [0.5, 0.6) is 0 Å². The number of carbonyl (C=O) groups excluding carboxylic acids is 1. The molecule has 0 unspecified atom stereocenters. The summed E-state index contributed by atoms with van der Waals surface area (Å²) in [6.45, 7) is 0.737. The molecule has 1 fully saturated rings. The third-order valence-electron chi connectivity index (χ3n) is 2.73. The van der Waals surface area contributed by atoms with Gasteiger partial charge in [0.25, 0.3) is 5.91 Å². The topological polar surface area (TPSA) is 56.3 Å². The van der Waals surface area contributed by atoms with Gasteiger partial charge in [-0.3, -0.25) is 4.79 Å². The molecule has 5 heteroatoms. The van der Waals surface area contributed by atoms with Gasteiger partial charge >= 0.3 is 0 Å². The zero-order chi connectivity index (χ0) is 10.8. The van der Waals surface area contributed by atoms with Crippen LogP contribution < -0.4 is 0 Å². The van der Waals surface area contributed by atoms with Crippen LogP contribution in [0.15, 0.2) is 12.3 Å². The highest BCUT2D eigenvalue weighted by Gasteiger charge is 2.29. The third-order valence-corrected chi connectivity index (χ3v) is 2.95. The van der Waals surface area contributed by atoms with E-state index in [0.717, 1.165) is 12.8 Å². The molecule has 15 heavy (non-hydrogen) atoms. The number of halogens is 1. The molecule has 0 spiro atoms. The predicted octanol–water partition coefficient (Wildman–Crippen LogP) is 1.26. The normalized spacial score (nSPS) is 20.9. The Bertz CT molecular complexity index is 364. The van der Waals surface area contributed by atoms with E-state index >= 15 is 0 Å². The molecule has 0 radical (unpaired) electrons. The van der Waals surface area contributed by atoms with Crippen LogP contribution in [0.2, 0.25) is 5.02 Å². The molecule has 82 valence electrons. The monoisotopic (exact) mass is 228 g/mol. The molecule has 0 aromatic carbocycles. The lowest BCUT2D eigenvalue weighted by Gasteiger charge is -2.22. The third kappa shape index (κ3) is 2.01. The second-order valence-electron chi connectivity index (χ2n) is 3.71. The van der Waals surface area contributed by atoms with E-state index in [4.69, 9.17) is 16.7 Å². The van der Waals surface area contributed by atoms with Crippen LogP contribution in [-0.4, -0.2) is 40.1 Å². The van der Waals surface area contributed by atoms with E-state index in [1.165, 1.54) is 0 Å². The number of amides is 1. The lowest BCUT2D eigenvalue weighted by atomic mass is 10.2. The van der Waals surface area contributed by atoms with Crippen molar-refractivity contribution in [3.8, 4) is 0 Å². The van der Waals surface area contributed by atoms with Gasteiger partial charge in [0, 0.05) is 12.7 Å². The Morgan fingerprint density at radius 2 is 2.53 bits per heavy atom. The van der Waals surface area contributed by atoms with Crippen molar-refractivity contribution in [2.24, 2.45) is 0 Å². The maximum atomic E-state index is 12.0. The molecule has 0 bridgehead atoms. The van der Waals surface area contributed by atoms with Gasteiger partial charge in [0.2, 0.25) is 0 Å². The highest BCUT2D eigenvalue weighted by molar-refractivity contribution is 6.30. The number of likely N-dealkylation sites (tertiary alicyclic amines) is 1. The fraction of sp³-hybridized carbons (Fsp3) is 0.500. The molecule has 1 aromatic heterocycles. The molecule has 0 aliphatic carbocycles. The second kappa shape index (κ2) is 4.24. The first kappa shape index (κ1) is 10.5. The van der Waals surface area contributed by atoms with Crippen molar-refractivity contribution in [1.82, 2.24) is 9.88 Å². The van der Waals surface area contributed by atoms with Crippen LogP contribution in [-0.2, 0) is 0 Å². The maximum Gasteiger partial charge on any atom is 0.270 e. The van der Waals surface area contributed by atoms with Gasteiger partial charge < -0.3 is 15.0 Å². The van der Waals surface area contributed by atoms with Crippen LogP contribution in [0.3, 0.4) is 0 Å². The molecule has 1 atom stereocenters. The van der Waals surface area contributed by atoms with Gasteiger partial charge in [-0.25, -0.2) is 0 Å². The summed E-state index contributed by atoms with van der Waals surface area (Å²) in [6, 6.07) is 1.57. The zero-order valence-electron chi connectivity index (χ0n) is 8.24. The minimum Gasteiger partial charge on any atom is -0.394 e. The van der Waals surface area contributed by atoms with Crippen molar-refractivity contribution in [3.05, 3.63) is 23.0 Å². The van der Waals surface area contributed by atoms with E-state index in [1.54, 1.807) is 17.2 Å². The summed E-state index contributed by atoms with van der Waals surface area (Å²) < 4.78 is 0. The lowest BCUT2D eigenvalue weighted by molar-refractivity contribution is 0.0672. The van der Waals surface area contributed by atoms with E-state index < -0.39 is 0 Å². The first-order chi connectivity index (χ1) is 7.22. The summed E-state index contributed by atoms with van der Waals surface area (Å²) in [4.78, 5) is 16.5. The average molecular weight is 229 g/mol. The van der Waals surface area contributed by atoms with Crippen molar-refractivity contribution in [3.63, 3.8) is 0 Å². The molecule has 2 N–H and O–H groups in total. The summed E-state index contributed by atoms with van der Waals surface area (Å²) in [6.07, 6.45) is 3.40. The summed E-state index contributed by atoms with van der Waals surface area (Å²) >= 11 is 5.73. The van der Waals surface area contributed by atoms with Gasteiger partial charge in [-0.15, -0.1) is 0 Å². The van der Waals surface area contributed by atoms with Gasteiger partial charge in [-0.1, -0.05) is 11.6 Å².